The Balaban J connectivity index is 1.75. The Morgan fingerprint density at radius 3 is 2.83 bits per heavy atom. The van der Waals surface area contributed by atoms with Gasteiger partial charge in [-0.3, -0.25) is 9.89 Å². The van der Waals surface area contributed by atoms with Gasteiger partial charge in [-0.2, -0.15) is 10.2 Å². The molecule has 0 aliphatic carbocycles. The number of carbonyl (C=O) groups excluding carboxylic acids is 1. The molecule has 24 heavy (non-hydrogen) atoms. The van der Waals surface area contributed by atoms with Crippen molar-refractivity contribution in [2.24, 2.45) is 5.10 Å². The van der Waals surface area contributed by atoms with Gasteiger partial charge in [0.1, 0.15) is 17.2 Å². The lowest BCUT2D eigenvalue weighted by molar-refractivity contribution is 0.0950. The molecule has 0 atom stereocenters. The predicted molar refractivity (Wildman–Crippen MR) is 92.4 cm³/mol. The van der Waals surface area contributed by atoms with Crippen LogP contribution in [0.15, 0.2) is 52.2 Å². The Morgan fingerprint density at radius 2 is 2.12 bits per heavy atom. The molecule has 0 radical (unpaired) electrons. The highest BCUT2D eigenvalue weighted by atomic mass is 35.5. The Bertz CT molecular complexity index is 901. The molecule has 8 heteroatoms. The third kappa shape index (κ3) is 3.50. The molecule has 0 spiro atoms. The van der Waals surface area contributed by atoms with E-state index in [0.717, 1.165) is 0 Å². The summed E-state index contributed by atoms with van der Waals surface area (Å²) < 4.78 is 5.19. The van der Waals surface area contributed by atoms with Gasteiger partial charge in [-0.05, 0) is 43.3 Å². The first-order chi connectivity index (χ1) is 11.5. The van der Waals surface area contributed by atoms with Crippen LogP contribution in [0.5, 0.6) is 0 Å². The number of hydrogen-bond acceptors (Lipinski definition) is 4. The Labute approximate surface area is 147 Å². The van der Waals surface area contributed by atoms with Crippen molar-refractivity contribution < 1.29 is 9.21 Å². The van der Waals surface area contributed by atoms with Crippen LogP contribution in [0.3, 0.4) is 0 Å². The van der Waals surface area contributed by atoms with Crippen LogP contribution in [-0.4, -0.2) is 21.8 Å². The summed E-state index contributed by atoms with van der Waals surface area (Å²) in [4.78, 5) is 12.1. The lowest BCUT2D eigenvalue weighted by Crippen LogP contribution is -2.19. The zero-order valence-electron chi connectivity index (χ0n) is 12.5. The molecule has 3 rings (SSSR count). The van der Waals surface area contributed by atoms with Crippen LogP contribution in [0.4, 0.5) is 0 Å². The van der Waals surface area contributed by atoms with Gasteiger partial charge in [-0.1, -0.05) is 23.2 Å². The van der Waals surface area contributed by atoms with E-state index < -0.39 is 5.91 Å². The number of carbonyl (C=O) groups is 1. The van der Waals surface area contributed by atoms with E-state index >= 15 is 0 Å². The minimum atomic E-state index is -0.426. The fraction of sp³-hybridized carbons (Fsp3) is 0.0625. The fourth-order valence-electron chi connectivity index (χ4n) is 2.01. The molecule has 122 valence electrons. The highest BCUT2D eigenvalue weighted by Gasteiger charge is 2.13. The first kappa shape index (κ1) is 16.3. The van der Waals surface area contributed by atoms with Crippen LogP contribution in [0.25, 0.3) is 11.3 Å². The highest BCUT2D eigenvalue weighted by molar-refractivity contribution is 6.36. The minimum Gasteiger partial charge on any atom is -0.463 e. The summed E-state index contributed by atoms with van der Waals surface area (Å²) in [5.41, 5.74) is 4.45. The fourth-order valence-corrected chi connectivity index (χ4v) is 2.51. The number of furan rings is 1. The van der Waals surface area contributed by atoms with E-state index in [1.165, 1.54) is 6.26 Å². The van der Waals surface area contributed by atoms with Crippen LogP contribution in [0.1, 0.15) is 23.2 Å². The molecule has 2 N–H and O–H groups in total. The smallest absolute Gasteiger partial charge is 0.289 e. The van der Waals surface area contributed by atoms with E-state index in [1.807, 2.05) is 0 Å². The third-order valence-electron chi connectivity index (χ3n) is 3.23. The monoisotopic (exact) mass is 362 g/mol. The highest BCUT2D eigenvalue weighted by Crippen LogP contribution is 2.29. The summed E-state index contributed by atoms with van der Waals surface area (Å²) in [7, 11) is 0. The molecule has 0 aliphatic heterocycles. The van der Waals surface area contributed by atoms with Gasteiger partial charge in [0, 0.05) is 10.6 Å². The SMILES string of the molecule is CC(=NNC(=O)c1cc(-c2ccc(Cl)cc2Cl)n[nH]1)c1ccco1. The maximum absolute atomic E-state index is 12.1. The molecule has 3 aromatic rings. The Morgan fingerprint density at radius 1 is 1.29 bits per heavy atom. The number of nitrogens with one attached hydrogen (secondary N) is 2. The topological polar surface area (TPSA) is 83.3 Å². The van der Waals surface area contributed by atoms with Crippen LogP contribution in [0, 0.1) is 0 Å². The number of benzene rings is 1. The molecule has 1 amide bonds. The number of hydrazone groups is 1. The molecule has 0 bridgehead atoms. The quantitative estimate of drug-likeness (QED) is 0.540. The van der Waals surface area contributed by atoms with E-state index in [-0.39, 0.29) is 5.69 Å². The van der Waals surface area contributed by atoms with Crippen molar-refractivity contribution in [1.82, 2.24) is 15.6 Å². The molecule has 0 fully saturated rings. The number of hydrogen-bond donors (Lipinski definition) is 2. The normalized spacial score (nSPS) is 11.5. The summed E-state index contributed by atoms with van der Waals surface area (Å²) in [6, 6.07) is 10.1. The zero-order valence-corrected chi connectivity index (χ0v) is 14.0. The maximum atomic E-state index is 12.1. The average molecular weight is 363 g/mol. The van der Waals surface area contributed by atoms with Gasteiger partial charge in [0.25, 0.3) is 5.91 Å². The van der Waals surface area contributed by atoms with Crippen LogP contribution >= 0.6 is 23.2 Å². The number of halogens is 2. The number of aromatic nitrogens is 2. The van der Waals surface area contributed by atoms with E-state index in [2.05, 4.69) is 20.7 Å². The Kier molecular flexibility index (Phi) is 4.69. The zero-order chi connectivity index (χ0) is 17.1. The van der Waals surface area contributed by atoms with Crippen LogP contribution < -0.4 is 5.43 Å². The van der Waals surface area contributed by atoms with Crippen molar-refractivity contribution >= 4 is 34.8 Å². The van der Waals surface area contributed by atoms with Gasteiger partial charge in [0.2, 0.25) is 0 Å². The molecule has 1 aromatic carbocycles. The molecule has 0 aliphatic rings. The summed E-state index contributed by atoms with van der Waals surface area (Å²) >= 11 is 12.0. The average Bonchev–Trinajstić information content (AvgIpc) is 3.23. The standard InChI is InChI=1S/C16H12Cl2N4O2/c1-9(15-3-2-6-24-15)19-22-16(23)14-8-13(20-21-14)11-5-4-10(17)7-12(11)18/h2-8H,1H3,(H,20,21)(H,22,23). The van der Waals surface area contributed by atoms with Gasteiger partial charge in [-0.15, -0.1) is 0 Å². The van der Waals surface area contributed by atoms with Gasteiger partial charge >= 0.3 is 0 Å². The van der Waals surface area contributed by atoms with Gasteiger partial charge in [0.05, 0.1) is 17.0 Å². The van der Waals surface area contributed by atoms with Gasteiger partial charge < -0.3 is 4.42 Å². The van der Waals surface area contributed by atoms with Crippen molar-refractivity contribution in [3.63, 3.8) is 0 Å². The van der Waals surface area contributed by atoms with Gasteiger partial charge in [-0.25, -0.2) is 5.43 Å². The molecular formula is C16H12Cl2N4O2. The molecular weight excluding hydrogens is 351 g/mol. The number of amides is 1. The first-order valence-electron chi connectivity index (χ1n) is 6.94. The minimum absolute atomic E-state index is 0.256. The molecule has 2 heterocycles. The van der Waals surface area contributed by atoms with Crippen LogP contribution in [0.2, 0.25) is 10.0 Å². The lowest BCUT2D eigenvalue weighted by Gasteiger charge is -2.00. The largest absolute Gasteiger partial charge is 0.463 e. The summed E-state index contributed by atoms with van der Waals surface area (Å²) in [5.74, 6) is 0.151. The van der Waals surface area contributed by atoms with Gasteiger partial charge in [0.15, 0.2) is 0 Å². The number of H-pyrrole nitrogens is 1. The van der Waals surface area contributed by atoms with E-state index in [1.54, 1.807) is 43.3 Å². The first-order valence-corrected chi connectivity index (χ1v) is 7.69. The molecule has 6 nitrogen and oxygen atoms in total. The van der Waals surface area contributed by atoms with Crippen LogP contribution in [-0.2, 0) is 0 Å². The molecule has 0 saturated heterocycles. The Hall–Kier alpha value is -2.57. The maximum Gasteiger partial charge on any atom is 0.289 e. The predicted octanol–water partition coefficient (Wildman–Crippen LogP) is 4.13. The van der Waals surface area contributed by atoms with Crippen molar-refractivity contribution in [3.05, 3.63) is 64.2 Å². The van der Waals surface area contributed by atoms with E-state index in [0.29, 0.717) is 32.8 Å². The second-order valence-electron chi connectivity index (χ2n) is 4.91. The summed E-state index contributed by atoms with van der Waals surface area (Å²) in [5, 5.41) is 11.7. The van der Waals surface area contributed by atoms with Crippen molar-refractivity contribution in [2.45, 2.75) is 6.92 Å². The second kappa shape index (κ2) is 6.90. The number of nitrogens with zero attached hydrogens (tertiary/aromatic N) is 2. The summed E-state index contributed by atoms with van der Waals surface area (Å²) in [6.45, 7) is 1.73. The van der Waals surface area contributed by atoms with Crippen molar-refractivity contribution in [3.8, 4) is 11.3 Å². The number of aromatic amines is 1. The third-order valence-corrected chi connectivity index (χ3v) is 3.78. The molecule has 2 aromatic heterocycles. The molecule has 0 unspecified atom stereocenters. The summed E-state index contributed by atoms with van der Waals surface area (Å²) in [6.07, 6.45) is 1.53. The van der Waals surface area contributed by atoms with Crippen molar-refractivity contribution in [1.29, 1.82) is 0 Å². The second-order valence-corrected chi connectivity index (χ2v) is 5.75. The number of rotatable bonds is 4. The van der Waals surface area contributed by atoms with E-state index in [9.17, 15) is 4.79 Å². The van der Waals surface area contributed by atoms with E-state index in [4.69, 9.17) is 27.6 Å². The van der Waals surface area contributed by atoms with Crippen molar-refractivity contribution in [2.75, 3.05) is 0 Å². The molecule has 0 saturated carbocycles. The lowest BCUT2D eigenvalue weighted by atomic mass is 10.1.